The third kappa shape index (κ3) is 5.30. The number of nitrogens with two attached hydrogens (primary N) is 2. The Morgan fingerprint density at radius 2 is 1.77 bits per heavy atom. The van der Waals surface area contributed by atoms with Crippen LogP contribution in [0.25, 0.3) is 0 Å². The summed E-state index contributed by atoms with van der Waals surface area (Å²) >= 11 is 0. The molecule has 1 aromatic rings. The second-order valence-electron chi connectivity index (χ2n) is 7.93. The molecule has 1 aliphatic rings. The molecule has 1 heterocycles. The fraction of sp³-hybridized carbons (Fsp3) is 0.455. The van der Waals surface area contributed by atoms with Crippen LogP contribution in [0.15, 0.2) is 30.3 Å². The highest BCUT2D eigenvalue weighted by Crippen LogP contribution is 2.34. The first kappa shape index (κ1) is 27.4. The van der Waals surface area contributed by atoms with E-state index in [9.17, 15) is 33.9 Å². The summed E-state index contributed by atoms with van der Waals surface area (Å²) in [4.78, 5) is 77.9. The van der Waals surface area contributed by atoms with Crippen molar-refractivity contribution in [1.82, 2.24) is 10.2 Å². The Labute approximate surface area is 201 Å². The zero-order valence-corrected chi connectivity index (χ0v) is 19.2. The van der Waals surface area contributed by atoms with Gasteiger partial charge in [-0.2, -0.15) is 0 Å². The minimum atomic E-state index is -3.15. The van der Waals surface area contributed by atoms with Crippen molar-refractivity contribution in [1.29, 1.82) is 0 Å². The largest absolute Gasteiger partial charge is 0.481 e. The number of carbonyl (C=O) groups excluding carboxylic acids is 4. The molecule has 13 heteroatoms. The molecule has 0 bridgehead atoms. The average molecular weight is 492 g/mol. The number of hydrogen-bond acceptors (Lipinski definition) is 8. The first-order valence-electron chi connectivity index (χ1n) is 11.0. The van der Waals surface area contributed by atoms with Gasteiger partial charge in [-0.05, 0) is 37.9 Å². The first-order valence-corrected chi connectivity index (χ1v) is 11.0. The Morgan fingerprint density at radius 1 is 1.14 bits per heavy atom. The molecule has 0 spiro atoms. The smallest absolute Gasteiger partial charge is 0.360 e. The lowest BCUT2D eigenvalue weighted by atomic mass is 9.94. The standard InChI is InChI=1S/C22H29N5O8/c1-2-16(28)22(20(33)34,27-19(32)15(25-21(27)35)10-6-7-11-23)26(13-8-4-3-5-9-13)18(31)14(24)12-17(29)30/h3-5,8-9,14-15H,2,6-7,10-12,23-24H2,1H3,(H,25,35)(H,29,30)(H,33,34)/t14-,15-,22+/m0/s1. The quantitative estimate of drug-likeness (QED) is 0.137. The second-order valence-corrected chi connectivity index (χ2v) is 7.93. The lowest BCUT2D eigenvalue weighted by molar-refractivity contribution is -0.162. The number of hydrogen-bond donors (Lipinski definition) is 5. The highest BCUT2D eigenvalue weighted by atomic mass is 16.4. The Balaban J connectivity index is 2.77. The number of Topliss-reactive ketones (excluding diaryl/α,β-unsaturated/α-hetero) is 1. The number of nitrogens with zero attached hydrogens (tertiary/aromatic N) is 2. The van der Waals surface area contributed by atoms with Gasteiger partial charge in [0, 0.05) is 12.1 Å². The number of nitrogens with one attached hydrogen (secondary N) is 1. The van der Waals surface area contributed by atoms with Crippen molar-refractivity contribution in [2.75, 3.05) is 11.4 Å². The molecule has 13 nitrogen and oxygen atoms in total. The zero-order chi connectivity index (χ0) is 26.3. The molecule has 0 saturated carbocycles. The van der Waals surface area contributed by atoms with Crippen LogP contribution in [0.2, 0.25) is 0 Å². The molecule has 4 amide bonds. The van der Waals surface area contributed by atoms with Gasteiger partial charge in [0.15, 0.2) is 5.78 Å². The number of unbranched alkanes of at least 4 members (excludes halogenated alkanes) is 1. The van der Waals surface area contributed by atoms with Crippen molar-refractivity contribution in [2.45, 2.75) is 56.8 Å². The van der Waals surface area contributed by atoms with E-state index < -0.39 is 66.2 Å². The first-order chi connectivity index (χ1) is 16.5. The number of urea groups is 1. The molecule has 3 atom stereocenters. The lowest BCUT2D eigenvalue weighted by Gasteiger charge is -2.43. The molecule has 0 radical (unpaired) electrons. The molecule has 0 aliphatic carbocycles. The molecule has 7 N–H and O–H groups in total. The van der Waals surface area contributed by atoms with Gasteiger partial charge in [-0.25, -0.2) is 14.5 Å². The van der Waals surface area contributed by atoms with Crippen LogP contribution in [-0.4, -0.2) is 75.0 Å². The molecular formula is C22H29N5O8. The second kappa shape index (κ2) is 11.5. The summed E-state index contributed by atoms with van der Waals surface area (Å²) in [6, 6.07) is 2.87. The van der Waals surface area contributed by atoms with Crippen LogP contribution in [-0.2, 0) is 24.0 Å². The molecule has 0 unspecified atom stereocenters. The topological polar surface area (TPSA) is 213 Å². The summed E-state index contributed by atoms with van der Waals surface area (Å²) in [6.07, 6.45) is -0.262. The normalized spacial score (nSPS) is 17.9. The van der Waals surface area contributed by atoms with Crippen molar-refractivity contribution in [2.24, 2.45) is 11.5 Å². The maximum Gasteiger partial charge on any atom is 0.360 e. The van der Waals surface area contributed by atoms with Crippen LogP contribution in [0.1, 0.15) is 39.0 Å². The Bertz CT molecular complexity index is 1000. The van der Waals surface area contributed by atoms with Gasteiger partial charge in [-0.3, -0.25) is 24.1 Å². The van der Waals surface area contributed by atoms with Gasteiger partial charge in [-0.1, -0.05) is 25.1 Å². The van der Waals surface area contributed by atoms with Gasteiger partial charge in [0.1, 0.15) is 6.04 Å². The van der Waals surface area contributed by atoms with E-state index in [0.717, 1.165) is 0 Å². The summed E-state index contributed by atoms with van der Waals surface area (Å²) < 4.78 is 0. The van der Waals surface area contributed by atoms with Crippen LogP contribution in [0.5, 0.6) is 0 Å². The molecule has 1 aromatic carbocycles. The molecule has 2 rings (SSSR count). The monoisotopic (exact) mass is 491 g/mol. The number of rotatable bonds is 13. The molecule has 1 saturated heterocycles. The number of carboxylic acid groups (broad SMARTS) is 2. The number of carbonyl (C=O) groups is 6. The molecule has 0 aromatic heterocycles. The number of anilines is 1. The molecule has 190 valence electrons. The lowest BCUT2D eigenvalue weighted by Crippen LogP contribution is -2.74. The summed E-state index contributed by atoms with van der Waals surface area (Å²) in [6.45, 7) is 1.64. The highest BCUT2D eigenvalue weighted by Gasteiger charge is 2.64. The fourth-order valence-corrected chi connectivity index (χ4v) is 3.92. The number of para-hydroxylation sites is 1. The summed E-state index contributed by atoms with van der Waals surface area (Å²) in [5.74, 6) is -6.87. The molecule has 35 heavy (non-hydrogen) atoms. The fourth-order valence-electron chi connectivity index (χ4n) is 3.92. The summed E-state index contributed by atoms with van der Waals surface area (Å²) in [7, 11) is 0. The number of imide groups is 1. The minimum absolute atomic E-state index is 0.131. The minimum Gasteiger partial charge on any atom is -0.481 e. The maximum atomic E-state index is 13.5. The van der Waals surface area contributed by atoms with E-state index in [1.807, 2.05) is 0 Å². The van der Waals surface area contributed by atoms with Crippen molar-refractivity contribution in [3.63, 3.8) is 0 Å². The molecule has 1 fully saturated rings. The predicted molar refractivity (Wildman–Crippen MR) is 122 cm³/mol. The number of ketones is 1. The van der Waals surface area contributed by atoms with E-state index >= 15 is 0 Å². The third-order valence-corrected chi connectivity index (χ3v) is 5.57. The van der Waals surface area contributed by atoms with Crippen molar-refractivity contribution >= 4 is 41.3 Å². The van der Waals surface area contributed by atoms with E-state index in [-0.39, 0.29) is 17.0 Å². The molecule has 1 aliphatic heterocycles. The van der Waals surface area contributed by atoms with Crippen molar-refractivity contribution in [3.05, 3.63) is 30.3 Å². The average Bonchev–Trinajstić information content (AvgIpc) is 3.09. The van der Waals surface area contributed by atoms with Crippen molar-refractivity contribution < 1.29 is 39.0 Å². The predicted octanol–water partition coefficient (Wildman–Crippen LogP) is -0.369. The van der Waals surface area contributed by atoms with E-state index in [1.54, 1.807) is 6.07 Å². The van der Waals surface area contributed by atoms with Gasteiger partial charge < -0.3 is 27.0 Å². The van der Waals surface area contributed by atoms with E-state index in [4.69, 9.17) is 16.6 Å². The van der Waals surface area contributed by atoms with E-state index in [1.165, 1.54) is 31.2 Å². The summed E-state index contributed by atoms with van der Waals surface area (Å²) in [5, 5.41) is 21.9. The third-order valence-electron chi connectivity index (χ3n) is 5.57. The van der Waals surface area contributed by atoms with Gasteiger partial charge in [0.2, 0.25) is 5.91 Å². The van der Waals surface area contributed by atoms with E-state index in [0.29, 0.717) is 24.3 Å². The van der Waals surface area contributed by atoms with Crippen LogP contribution in [0, 0.1) is 0 Å². The van der Waals surface area contributed by atoms with E-state index in [2.05, 4.69) is 5.32 Å². The van der Waals surface area contributed by atoms with Crippen molar-refractivity contribution in [3.8, 4) is 0 Å². The van der Waals surface area contributed by atoms with Gasteiger partial charge >= 0.3 is 18.0 Å². The number of carboxylic acids is 2. The number of benzene rings is 1. The molecular weight excluding hydrogens is 462 g/mol. The summed E-state index contributed by atoms with van der Waals surface area (Å²) in [5.41, 5.74) is 7.93. The zero-order valence-electron chi connectivity index (χ0n) is 19.2. The number of amides is 4. The van der Waals surface area contributed by atoms with Gasteiger partial charge in [-0.15, -0.1) is 0 Å². The van der Waals surface area contributed by atoms with Crippen LogP contribution in [0.4, 0.5) is 10.5 Å². The van der Waals surface area contributed by atoms with Gasteiger partial charge in [0.05, 0.1) is 12.5 Å². The van der Waals surface area contributed by atoms with Crippen LogP contribution < -0.4 is 21.7 Å². The SMILES string of the molecule is CCC(=O)[C@](C(=O)O)(N1C(=O)N[C@@H](CCCCN)C1=O)N(C(=O)[C@@H](N)CC(=O)O)c1ccccc1. The Hall–Kier alpha value is -3.84. The van der Waals surface area contributed by atoms with Crippen LogP contribution >= 0.6 is 0 Å². The van der Waals surface area contributed by atoms with Crippen LogP contribution in [0.3, 0.4) is 0 Å². The highest BCUT2D eigenvalue weighted by molar-refractivity contribution is 6.23. The Kier molecular flexibility index (Phi) is 9.03. The Morgan fingerprint density at radius 3 is 2.29 bits per heavy atom. The number of aliphatic carboxylic acids is 2. The maximum absolute atomic E-state index is 13.5. The van der Waals surface area contributed by atoms with Gasteiger partial charge in [0.25, 0.3) is 11.6 Å².